The van der Waals surface area contributed by atoms with Gasteiger partial charge in [0.1, 0.15) is 0 Å². The lowest BCUT2D eigenvalue weighted by Gasteiger charge is -2.29. The normalized spacial score (nSPS) is 21.2. The standard InChI is InChI=1S/C15H24BrN3/c1-11(17)14-7-6-12(9-15(14)16)19-8-4-5-13(19)10-18(2)3/h6-7,9,11,13H,4-5,8,10,17H2,1-3H3. The van der Waals surface area contributed by atoms with Gasteiger partial charge in [0.25, 0.3) is 0 Å². The van der Waals surface area contributed by atoms with Gasteiger partial charge < -0.3 is 15.5 Å². The number of nitrogens with zero attached hydrogens (tertiary/aromatic N) is 2. The molecule has 2 atom stereocenters. The number of benzene rings is 1. The second kappa shape index (κ2) is 6.25. The van der Waals surface area contributed by atoms with E-state index in [4.69, 9.17) is 5.73 Å². The topological polar surface area (TPSA) is 32.5 Å². The Kier molecular flexibility index (Phi) is 4.87. The van der Waals surface area contributed by atoms with Crippen molar-refractivity contribution in [1.29, 1.82) is 0 Å². The van der Waals surface area contributed by atoms with Crippen LogP contribution in [0.5, 0.6) is 0 Å². The zero-order chi connectivity index (χ0) is 14.0. The number of halogens is 1. The minimum Gasteiger partial charge on any atom is -0.367 e. The van der Waals surface area contributed by atoms with E-state index in [1.165, 1.54) is 24.1 Å². The minimum atomic E-state index is 0.0691. The van der Waals surface area contributed by atoms with E-state index in [9.17, 15) is 0 Å². The lowest BCUT2D eigenvalue weighted by atomic mass is 10.1. The largest absolute Gasteiger partial charge is 0.367 e. The van der Waals surface area contributed by atoms with E-state index in [2.05, 4.69) is 58.0 Å². The van der Waals surface area contributed by atoms with Crippen molar-refractivity contribution >= 4 is 21.6 Å². The van der Waals surface area contributed by atoms with Crippen molar-refractivity contribution in [3.8, 4) is 0 Å². The fourth-order valence-electron chi connectivity index (χ4n) is 2.85. The Bertz CT molecular complexity index is 431. The first kappa shape index (κ1) is 14.8. The monoisotopic (exact) mass is 325 g/mol. The molecule has 106 valence electrons. The second-order valence-electron chi connectivity index (χ2n) is 5.75. The van der Waals surface area contributed by atoms with Crippen LogP contribution in [0, 0.1) is 0 Å². The molecule has 0 spiro atoms. The van der Waals surface area contributed by atoms with Gasteiger partial charge in [-0.25, -0.2) is 0 Å². The molecule has 1 saturated heterocycles. The van der Waals surface area contributed by atoms with Crippen LogP contribution >= 0.6 is 15.9 Å². The molecule has 2 unspecified atom stereocenters. The van der Waals surface area contributed by atoms with Crippen LogP contribution in [-0.4, -0.2) is 38.1 Å². The maximum Gasteiger partial charge on any atom is 0.0417 e. The van der Waals surface area contributed by atoms with E-state index in [0.717, 1.165) is 17.6 Å². The summed E-state index contributed by atoms with van der Waals surface area (Å²) in [5.41, 5.74) is 8.44. The van der Waals surface area contributed by atoms with Gasteiger partial charge in [-0.2, -0.15) is 0 Å². The summed E-state index contributed by atoms with van der Waals surface area (Å²) in [5.74, 6) is 0. The summed E-state index contributed by atoms with van der Waals surface area (Å²) in [6.45, 7) is 4.29. The summed E-state index contributed by atoms with van der Waals surface area (Å²) in [5, 5.41) is 0. The Morgan fingerprint density at radius 2 is 2.21 bits per heavy atom. The zero-order valence-corrected chi connectivity index (χ0v) is 13.7. The van der Waals surface area contributed by atoms with Gasteiger partial charge in [0.2, 0.25) is 0 Å². The number of nitrogens with two attached hydrogens (primary N) is 1. The number of likely N-dealkylation sites (N-methyl/N-ethyl adjacent to an activating group) is 1. The summed E-state index contributed by atoms with van der Waals surface area (Å²) in [6.07, 6.45) is 2.57. The van der Waals surface area contributed by atoms with Crippen LogP contribution in [0.25, 0.3) is 0 Å². The van der Waals surface area contributed by atoms with E-state index in [1.807, 2.05) is 6.92 Å². The molecule has 1 aromatic rings. The van der Waals surface area contributed by atoms with Crippen LogP contribution in [0.3, 0.4) is 0 Å². The molecule has 0 aliphatic carbocycles. The number of hydrogen-bond donors (Lipinski definition) is 1. The van der Waals surface area contributed by atoms with E-state index < -0.39 is 0 Å². The van der Waals surface area contributed by atoms with Crippen molar-refractivity contribution in [2.75, 3.05) is 32.1 Å². The molecule has 0 amide bonds. The first-order chi connectivity index (χ1) is 8.99. The average molecular weight is 326 g/mol. The van der Waals surface area contributed by atoms with Crippen molar-refractivity contribution in [3.05, 3.63) is 28.2 Å². The molecule has 1 heterocycles. The summed E-state index contributed by atoms with van der Waals surface area (Å²) < 4.78 is 1.12. The van der Waals surface area contributed by atoms with Crippen molar-refractivity contribution < 1.29 is 0 Å². The van der Waals surface area contributed by atoms with Gasteiger partial charge in [-0.15, -0.1) is 0 Å². The summed E-state index contributed by atoms with van der Waals surface area (Å²) in [6, 6.07) is 7.27. The molecule has 0 bridgehead atoms. The molecule has 0 aromatic heterocycles. The Morgan fingerprint density at radius 1 is 1.47 bits per heavy atom. The Labute approximate surface area is 124 Å². The number of rotatable bonds is 4. The van der Waals surface area contributed by atoms with Crippen molar-refractivity contribution in [3.63, 3.8) is 0 Å². The maximum atomic E-state index is 5.96. The molecule has 0 radical (unpaired) electrons. The molecule has 1 aliphatic rings. The molecule has 2 N–H and O–H groups in total. The molecular formula is C15H24BrN3. The fraction of sp³-hybridized carbons (Fsp3) is 0.600. The van der Waals surface area contributed by atoms with Gasteiger partial charge in [0.15, 0.2) is 0 Å². The first-order valence-electron chi connectivity index (χ1n) is 6.95. The fourth-order valence-corrected chi connectivity index (χ4v) is 3.58. The molecule has 1 aliphatic heterocycles. The molecule has 4 heteroatoms. The third kappa shape index (κ3) is 3.50. The Balaban J connectivity index is 2.19. The summed E-state index contributed by atoms with van der Waals surface area (Å²) in [7, 11) is 4.29. The lowest BCUT2D eigenvalue weighted by molar-refractivity contribution is 0.372. The van der Waals surface area contributed by atoms with Gasteiger partial charge in [-0.05, 0) is 51.6 Å². The average Bonchev–Trinajstić information content (AvgIpc) is 2.75. The molecule has 19 heavy (non-hydrogen) atoms. The van der Waals surface area contributed by atoms with Gasteiger partial charge in [-0.3, -0.25) is 0 Å². The van der Waals surface area contributed by atoms with Gasteiger partial charge in [0.05, 0.1) is 0 Å². The highest BCUT2D eigenvalue weighted by Crippen LogP contribution is 2.31. The van der Waals surface area contributed by atoms with Crippen LogP contribution < -0.4 is 10.6 Å². The third-order valence-corrected chi connectivity index (χ3v) is 4.45. The first-order valence-corrected chi connectivity index (χ1v) is 7.74. The number of hydrogen-bond acceptors (Lipinski definition) is 3. The van der Waals surface area contributed by atoms with Crippen LogP contribution in [0.1, 0.15) is 31.4 Å². The molecule has 1 aromatic carbocycles. The van der Waals surface area contributed by atoms with Crippen molar-refractivity contribution in [2.24, 2.45) is 5.73 Å². The van der Waals surface area contributed by atoms with Crippen molar-refractivity contribution in [2.45, 2.75) is 31.8 Å². The minimum absolute atomic E-state index is 0.0691. The van der Waals surface area contributed by atoms with Crippen LogP contribution in [0.2, 0.25) is 0 Å². The predicted molar refractivity (Wildman–Crippen MR) is 85.7 cm³/mol. The van der Waals surface area contributed by atoms with Crippen molar-refractivity contribution in [1.82, 2.24) is 4.90 Å². The molecular weight excluding hydrogens is 302 g/mol. The van der Waals surface area contributed by atoms with Gasteiger partial charge in [0, 0.05) is 35.3 Å². The number of anilines is 1. The van der Waals surface area contributed by atoms with E-state index >= 15 is 0 Å². The third-order valence-electron chi connectivity index (χ3n) is 3.76. The predicted octanol–water partition coefficient (Wildman–Crippen LogP) is 3.00. The molecule has 3 nitrogen and oxygen atoms in total. The highest BCUT2D eigenvalue weighted by Gasteiger charge is 2.25. The van der Waals surface area contributed by atoms with E-state index in [-0.39, 0.29) is 6.04 Å². The van der Waals surface area contributed by atoms with E-state index in [1.54, 1.807) is 0 Å². The second-order valence-corrected chi connectivity index (χ2v) is 6.60. The quantitative estimate of drug-likeness (QED) is 0.923. The molecule has 2 rings (SSSR count). The highest BCUT2D eigenvalue weighted by molar-refractivity contribution is 9.10. The maximum absolute atomic E-state index is 5.96. The Morgan fingerprint density at radius 3 is 2.79 bits per heavy atom. The lowest BCUT2D eigenvalue weighted by Crippen LogP contribution is -2.37. The summed E-state index contributed by atoms with van der Waals surface area (Å²) in [4.78, 5) is 4.80. The zero-order valence-electron chi connectivity index (χ0n) is 12.1. The SMILES string of the molecule is CC(N)c1ccc(N2CCCC2CN(C)C)cc1Br. The van der Waals surface area contributed by atoms with Crippen LogP contribution in [-0.2, 0) is 0 Å². The smallest absolute Gasteiger partial charge is 0.0417 e. The highest BCUT2D eigenvalue weighted by atomic mass is 79.9. The Hall–Kier alpha value is -0.580. The molecule has 0 saturated carbocycles. The van der Waals surface area contributed by atoms with Gasteiger partial charge >= 0.3 is 0 Å². The van der Waals surface area contributed by atoms with Crippen LogP contribution in [0.15, 0.2) is 22.7 Å². The van der Waals surface area contributed by atoms with Gasteiger partial charge in [-0.1, -0.05) is 22.0 Å². The van der Waals surface area contributed by atoms with Crippen LogP contribution in [0.4, 0.5) is 5.69 Å². The van der Waals surface area contributed by atoms with E-state index in [0.29, 0.717) is 6.04 Å². The summed E-state index contributed by atoms with van der Waals surface area (Å²) >= 11 is 3.65. The molecule has 1 fully saturated rings.